The molecule has 1 atom stereocenters. The number of halogens is 3. The van der Waals surface area contributed by atoms with Crippen molar-refractivity contribution in [1.29, 1.82) is 0 Å². The molecule has 2 aromatic rings. The van der Waals surface area contributed by atoms with Gasteiger partial charge in [-0.15, -0.1) is 0 Å². The second-order valence-electron chi connectivity index (χ2n) is 5.24. The highest BCUT2D eigenvalue weighted by molar-refractivity contribution is 14.1. The predicted octanol–water partition coefficient (Wildman–Crippen LogP) is 5.62. The van der Waals surface area contributed by atoms with Crippen molar-refractivity contribution < 1.29 is 9.53 Å². The van der Waals surface area contributed by atoms with Crippen molar-refractivity contribution in [2.24, 2.45) is 0 Å². The first-order valence-electron chi connectivity index (χ1n) is 6.97. The van der Waals surface area contributed by atoms with Gasteiger partial charge in [0.25, 0.3) is 5.91 Å². The fraction of sp³-hybridized carbons (Fsp3) is 0.235. The maximum Gasteiger partial charge on any atom is 0.265 e. The Bertz CT molecular complexity index is 750. The summed E-state index contributed by atoms with van der Waals surface area (Å²) in [5, 5.41) is 3.78. The van der Waals surface area contributed by atoms with Crippen LogP contribution in [0.5, 0.6) is 5.75 Å². The molecule has 0 fully saturated rings. The summed E-state index contributed by atoms with van der Waals surface area (Å²) in [6.45, 7) is 5.64. The fourth-order valence-corrected chi connectivity index (χ4v) is 3.04. The Morgan fingerprint density at radius 3 is 2.52 bits per heavy atom. The zero-order valence-electron chi connectivity index (χ0n) is 12.9. The molecule has 1 amide bonds. The molecule has 2 rings (SSSR count). The first-order chi connectivity index (χ1) is 10.8. The molecule has 2 aromatic carbocycles. The Morgan fingerprint density at radius 1 is 1.17 bits per heavy atom. The van der Waals surface area contributed by atoms with Crippen LogP contribution in [0.25, 0.3) is 0 Å². The highest BCUT2D eigenvalue weighted by Crippen LogP contribution is 2.28. The van der Waals surface area contributed by atoms with Crippen LogP contribution in [0.3, 0.4) is 0 Å². The summed E-state index contributed by atoms with van der Waals surface area (Å²) in [6, 6.07) is 8.88. The summed E-state index contributed by atoms with van der Waals surface area (Å²) < 4.78 is 6.79. The van der Waals surface area contributed by atoms with E-state index in [0.717, 1.165) is 20.4 Å². The van der Waals surface area contributed by atoms with E-state index >= 15 is 0 Å². The second-order valence-corrected chi connectivity index (χ2v) is 7.25. The molecule has 0 bridgehead atoms. The lowest BCUT2D eigenvalue weighted by atomic mass is 10.1. The van der Waals surface area contributed by atoms with Gasteiger partial charge >= 0.3 is 0 Å². The van der Waals surface area contributed by atoms with Crippen molar-refractivity contribution >= 4 is 57.4 Å². The van der Waals surface area contributed by atoms with Gasteiger partial charge in [0.15, 0.2) is 6.10 Å². The van der Waals surface area contributed by atoms with Crippen LogP contribution in [-0.4, -0.2) is 12.0 Å². The smallest absolute Gasteiger partial charge is 0.265 e. The number of benzene rings is 2. The Balaban J connectivity index is 2.10. The van der Waals surface area contributed by atoms with E-state index in [1.807, 2.05) is 26.0 Å². The minimum absolute atomic E-state index is 0.236. The maximum atomic E-state index is 12.3. The van der Waals surface area contributed by atoms with Crippen LogP contribution in [0.2, 0.25) is 10.0 Å². The zero-order chi connectivity index (χ0) is 17.1. The predicted molar refractivity (Wildman–Crippen MR) is 104 cm³/mol. The van der Waals surface area contributed by atoms with Crippen molar-refractivity contribution in [3.63, 3.8) is 0 Å². The molecule has 122 valence electrons. The van der Waals surface area contributed by atoms with E-state index in [1.54, 1.807) is 25.1 Å². The molecule has 6 heteroatoms. The largest absolute Gasteiger partial charge is 0.479 e. The van der Waals surface area contributed by atoms with Gasteiger partial charge in [-0.2, -0.15) is 0 Å². The van der Waals surface area contributed by atoms with Gasteiger partial charge in [-0.25, -0.2) is 0 Å². The molecule has 0 heterocycles. The molecule has 0 aliphatic carbocycles. The Morgan fingerprint density at radius 2 is 1.87 bits per heavy atom. The number of amides is 1. The lowest BCUT2D eigenvalue weighted by Gasteiger charge is -2.17. The summed E-state index contributed by atoms with van der Waals surface area (Å²) in [5.74, 6) is 0.189. The van der Waals surface area contributed by atoms with Crippen LogP contribution < -0.4 is 10.1 Å². The lowest BCUT2D eigenvalue weighted by molar-refractivity contribution is -0.122. The molecule has 3 nitrogen and oxygen atoms in total. The Kier molecular flexibility index (Phi) is 6.17. The van der Waals surface area contributed by atoms with E-state index in [4.69, 9.17) is 27.9 Å². The van der Waals surface area contributed by atoms with Gasteiger partial charge in [0.1, 0.15) is 5.75 Å². The number of ether oxygens (including phenoxy) is 1. The van der Waals surface area contributed by atoms with Gasteiger partial charge in [-0.05, 0) is 84.8 Å². The van der Waals surface area contributed by atoms with Gasteiger partial charge in [-0.3, -0.25) is 4.79 Å². The van der Waals surface area contributed by atoms with E-state index in [2.05, 4.69) is 27.9 Å². The van der Waals surface area contributed by atoms with Crippen molar-refractivity contribution in [3.8, 4) is 5.75 Å². The molecular formula is C17H16Cl2INO2. The number of aryl methyl sites for hydroxylation is 2. The average Bonchev–Trinajstić information content (AvgIpc) is 2.47. The number of hydrogen-bond acceptors (Lipinski definition) is 2. The van der Waals surface area contributed by atoms with Gasteiger partial charge in [0.05, 0.1) is 5.02 Å². The quantitative estimate of drug-likeness (QED) is 0.597. The third kappa shape index (κ3) is 4.75. The number of nitrogens with one attached hydrogen (secondary N) is 1. The molecule has 0 aliphatic rings. The number of hydrogen-bond donors (Lipinski definition) is 1. The van der Waals surface area contributed by atoms with E-state index in [9.17, 15) is 4.79 Å². The highest BCUT2D eigenvalue weighted by Gasteiger charge is 2.17. The average molecular weight is 464 g/mol. The zero-order valence-corrected chi connectivity index (χ0v) is 16.6. The third-order valence-corrected chi connectivity index (χ3v) is 5.02. The normalized spacial score (nSPS) is 11.9. The Labute approximate surface area is 159 Å². The van der Waals surface area contributed by atoms with Gasteiger partial charge in [-0.1, -0.05) is 23.2 Å². The fourth-order valence-electron chi connectivity index (χ4n) is 1.96. The Hall–Kier alpha value is -0.980. The molecule has 0 saturated carbocycles. The van der Waals surface area contributed by atoms with E-state index in [1.165, 1.54) is 0 Å². The number of carbonyl (C=O) groups excluding carboxylic acids is 1. The molecule has 23 heavy (non-hydrogen) atoms. The van der Waals surface area contributed by atoms with Crippen LogP contribution in [0, 0.1) is 17.4 Å². The van der Waals surface area contributed by atoms with Gasteiger partial charge < -0.3 is 10.1 Å². The standard InChI is InChI=1S/C17H16Cl2INO2/c1-9-7-15(10(2)6-14(9)20)21-17(22)11(3)23-16-5-4-12(18)8-13(16)19/h4-8,11H,1-3H3,(H,21,22)/t11-/m1/s1. The van der Waals surface area contributed by atoms with Crippen molar-refractivity contribution in [1.82, 2.24) is 0 Å². The molecule has 0 saturated heterocycles. The number of rotatable bonds is 4. The minimum atomic E-state index is -0.687. The summed E-state index contributed by atoms with van der Waals surface area (Å²) in [7, 11) is 0. The number of anilines is 1. The first-order valence-corrected chi connectivity index (χ1v) is 8.80. The monoisotopic (exact) mass is 463 g/mol. The molecule has 0 aliphatic heterocycles. The molecule has 0 unspecified atom stereocenters. The van der Waals surface area contributed by atoms with Crippen molar-refractivity contribution in [2.75, 3.05) is 5.32 Å². The summed E-state index contributed by atoms with van der Waals surface area (Å²) in [6.07, 6.45) is -0.687. The highest BCUT2D eigenvalue weighted by atomic mass is 127. The summed E-state index contributed by atoms with van der Waals surface area (Å²) >= 11 is 14.2. The van der Waals surface area contributed by atoms with Crippen LogP contribution in [-0.2, 0) is 4.79 Å². The van der Waals surface area contributed by atoms with Gasteiger partial charge in [0, 0.05) is 14.3 Å². The molecular weight excluding hydrogens is 448 g/mol. The second kappa shape index (κ2) is 7.73. The third-order valence-electron chi connectivity index (χ3n) is 3.33. The van der Waals surface area contributed by atoms with E-state index < -0.39 is 6.10 Å². The SMILES string of the molecule is Cc1cc(NC(=O)[C@@H](C)Oc2ccc(Cl)cc2Cl)c(C)cc1I. The van der Waals surface area contributed by atoms with Crippen molar-refractivity contribution in [2.45, 2.75) is 26.9 Å². The lowest BCUT2D eigenvalue weighted by Crippen LogP contribution is -2.30. The first kappa shape index (κ1) is 18.4. The van der Waals surface area contributed by atoms with Crippen LogP contribution in [0.1, 0.15) is 18.1 Å². The van der Waals surface area contributed by atoms with Crippen LogP contribution in [0.15, 0.2) is 30.3 Å². The molecule has 1 N–H and O–H groups in total. The number of carbonyl (C=O) groups is 1. The van der Waals surface area contributed by atoms with Gasteiger partial charge in [0.2, 0.25) is 0 Å². The summed E-state index contributed by atoms with van der Waals surface area (Å²) in [5.41, 5.74) is 2.90. The summed E-state index contributed by atoms with van der Waals surface area (Å²) in [4.78, 5) is 12.3. The van der Waals surface area contributed by atoms with E-state index in [-0.39, 0.29) is 5.91 Å². The molecule has 0 spiro atoms. The topological polar surface area (TPSA) is 38.3 Å². The molecule has 0 aromatic heterocycles. The van der Waals surface area contributed by atoms with E-state index in [0.29, 0.717) is 15.8 Å². The van der Waals surface area contributed by atoms with Crippen molar-refractivity contribution in [3.05, 3.63) is 55.1 Å². The van der Waals surface area contributed by atoms with Crippen LogP contribution >= 0.6 is 45.8 Å². The van der Waals surface area contributed by atoms with Crippen LogP contribution in [0.4, 0.5) is 5.69 Å². The minimum Gasteiger partial charge on any atom is -0.479 e. The molecule has 0 radical (unpaired) electrons. The maximum absolute atomic E-state index is 12.3.